The van der Waals surface area contributed by atoms with Crippen LogP contribution in [-0.2, 0) is 5.41 Å². The Morgan fingerprint density at radius 1 is 1.00 bits per heavy atom. The van der Waals surface area contributed by atoms with E-state index in [0.29, 0.717) is 0 Å². The number of hydrogen-bond acceptors (Lipinski definition) is 1. The van der Waals surface area contributed by atoms with Crippen LogP contribution in [0.25, 0.3) is 0 Å². The molecule has 0 fully saturated rings. The van der Waals surface area contributed by atoms with Gasteiger partial charge < -0.3 is 5.73 Å². The van der Waals surface area contributed by atoms with Crippen molar-refractivity contribution in [1.29, 1.82) is 0 Å². The van der Waals surface area contributed by atoms with Crippen molar-refractivity contribution < 1.29 is 0 Å². The normalized spacial score (nSPS) is 14.1. The van der Waals surface area contributed by atoms with Crippen LogP contribution < -0.4 is 5.73 Å². The van der Waals surface area contributed by atoms with Gasteiger partial charge in [-0.2, -0.15) is 0 Å². The maximum Gasteiger partial charge on any atom is 0.0294 e. The minimum absolute atomic E-state index is 0.186. The van der Waals surface area contributed by atoms with Gasteiger partial charge in [-0.15, -0.1) is 0 Å². The van der Waals surface area contributed by atoms with Crippen LogP contribution in [0.2, 0.25) is 0 Å². The highest BCUT2D eigenvalue weighted by molar-refractivity contribution is 5.29. The molecule has 0 spiro atoms. The number of rotatable bonds is 4. The van der Waals surface area contributed by atoms with E-state index in [1.54, 1.807) is 0 Å². The highest BCUT2D eigenvalue weighted by Crippen LogP contribution is 2.25. The van der Waals surface area contributed by atoms with Gasteiger partial charge in [0.05, 0.1) is 0 Å². The van der Waals surface area contributed by atoms with Crippen molar-refractivity contribution in [3.8, 4) is 0 Å². The summed E-state index contributed by atoms with van der Waals surface area (Å²) in [6.07, 6.45) is 2.27. The van der Waals surface area contributed by atoms with Gasteiger partial charge >= 0.3 is 0 Å². The van der Waals surface area contributed by atoms with Gasteiger partial charge in [-0.05, 0) is 35.3 Å². The summed E-state index contributed by atoms with van der Waals surface area (Å²) >= 11 is 0. The van der Waals surface area contributed by atoms with Gasteiger partial charge in [0.25, 0.3) is 0 Å². The fourth-order valence-corrected chi connectivity index (χ4v) is 1.91. The number of hydrogen-bond donors (Lipinski definition) is 1. The summed E-state index contributed by atoms with van der Waals surface area (Å²) in [5.74, 6) is 0.731. The van der Waals surface area contributed by atoms with Crippen molar-refractivity contribution in [2.75, 3.05) is 0 Å². The third-order valence-electron chi connectivity index (χ3n) is 3.26. The molecule has 1 atom stereocenters. The molecule has 0 aliphatic heterocycles. The fraction of sp³-hybridized carbons (Fsp3) is 0.625. The first kappa shape index (κ1) is 14.2. The van der Waals surface area contributed by atoms with Crippen molar-refractivity contribution in [2.24, 2.45) is 11.7 Å². The van der Waals surface area contributed by atoms with E-state index in [-0.39, 0.29) is 11.5 Å². The molecule has 2 N–H and O–H groups in total. The van der Waals surface area contributed by atoms with Gasteiger partial charge in [0, 0.05) is 6.04 Å². The van der Waals surface area contributed by atoms with E-state index in [1.165, 1.54) is 17.5 Å². The molecular weight excluding hydrogens is 206 g/mol. The second-order valence-electron chi connectivity index (χ2n) is 6.45. The summed E-state index contributed by atoms with van der Waals surface area (Å²) in [4.78, 5) is 0. The van der Waals surface area contributed by atoms with Crippen molar-refractivity contribution >= 4 is 0 Å². The molecule has 0 heterocycles. The molecule has 1 aromatic rings. The van der Waals surface area contributed by atoms with E-state index in [1.807, 2.05) is 0 Å². The molecule has 0 bridgehead atoms. The first-order valence-corrected chi connectivity index (χ1v) is 6.66. The lowest BCUT2D eigenvalue weighted by Gasteiger charge is -2.20. The molecule has 1 nitrogen and oxygen atoms in total. The predicted octanol–water partition coefficient (Wildman–Crippen LogP) is 4.42. The molecule has 0 aliphatic carbocycles. The maximum absolute atomic E-state index is 6.20. The first-order chi connectivity index (χ1) is 7.80. The third kappa shape index (κ3) is 4.51. The van der Waals surface area contributed by atoms with E-state index < -0.39 is 0 Å². The zero-order valence-electron chi connectivity index (χ0n) is 12.0. The second kappa shape index (κ2) is 5.68. The molecule has 0 saturated carbocycles. The van der Waals surface area contributed by atoms with Crippen LogP contribution in [-0.4, -0.2) is 0 Å². The van der Waals surface area contributed by atoms with Crippen LogP contribution in [0.1, 0.15) is 64.6 Å². The van der Waals surface area contributed by atoms with Crippen molar-refractivity contribution in [3.05, 3.63) is 35.4 Å². The van der Waals surface area contributed by atoms with Gasteiger partial charge in [-0.3, -0.25) is 0 Å². The third-order valence-corrected chi connectivity index (χ3v) is 3.26. The second-order valence-corrected chi connectivity index (χ2v) is 6.45. The summed E-state index contributed by atoms with van der Waals surface area (Å²) < 4.78 is 0. The molecule has 1 unspecified atom stereocenters. The topological polar surface area (TPSA) is 26.0 Å². The molecule has 0 saturated heterocycles. The van der Waals surface area contributed by atoms with Crippen LogP contribution in [0.3, 0.4) is 0 Å². The van der Waals surface area contributed by atoms with E-state index in [4.69, 9.17) is 5.73 Å². The summed E-state index contributed by atoms with van der Waals surface area (Å²) in [7, 11) is 0. The van der Waals surface area contributed by atoms with Crippen molar-refractivity contribution in [2.45, 2.75) is 58.9 Å². The summed E-state index contributed by atoms with van der Waals surface area (Å²) in [6, 6.07) is 8.98. The fourth-order valence-electron chi connectivity index (χ4n) is 1.91. The first-order valence-electron chi connectivity index (χ1n) is 6.66. The zero-order chi connectivity index (χ0) is 13.1. The van der Waals surface area contributed by atoms with E-state index >= 15 is 0 Å². The highest BCUT2D eigenvalue weighted by atomic mass is 14.6. The van der Waals surface area contributed by atoms with Crippen LogP contribution in [0.4, 0.5) is 0 Å². The number of nitrogens with two attached hydrogens (primary N) is 1. The van der Waals surface area contributed by atoms with E-state index in [0.717, 1.165) is 12.3 Å². The molecule has 0 aliphatic rings. The summed E-state index contributed by atoms with van der Waals surface area (Å²) in [5.41, 5.74) is 9.06. The lowest BCUT2D eigenvalue weighted by Crippen LogP contribution is -2.13. The zero-order valence-corrected chi connectivity index (χ0v) is 12.0. The quantitative estimate of drug-likeness (QED) is 0.818. The van der Waals surface area contributed by atoms with Crippen molar-refractivity contribution in [1.82, 2.24) is 0 Å². The molecule has 1 heteroatoms. The van der Waals surface area contributed by atoms with Gasteiger partial charge in [0.1, 0.15) is 0 Å². The summed E-state index contributed by atoms with van der Waals surface area (Å²) in [6.45, 7) is 11.2. The molecule has 1 rings (SSSR count). The number of benzene rings is 1. The smallest absolute Gasteiger partial charge is 0.0294 e. The minimum atomic E-state index is 0.186. The molecule has 17 heavy (non-hydrogen) atoms. The monoisotopic (exact) mass is 233 g/mol. The van der Waals surface area contributed by atoms with Crippen molar-refractivity contribution in [3.63, 3.8) is 0 Å². The Morgan fingerprint density at radius 3 is 1.94 bits per heavy atom. The van der Waals surface area contributed by atoms with Gasteiger partial charge in [-0.1, -0.05) is 58.9 Å². The van der Waals surface area contributed by atoms with Gasteiger partial charge in [0.2, 0.25) is 0 Å². The molecule has 0 radical (unpaired) electrons. The van der Waals surface area contributed by atoms with Gasteiger partial charge in [0.15, 0.2) is 0 Å². The van der Waals surface area contributed by atoms with Crippen LogP contribution >= 0.6 is 0 Å². The SMILES string of the molecule is CC(C)CCC(N)c1ccc(C(C)(C)C)cc1. The minimum Gasteiger partial charge on any atom is -0.324 e. The Bertz CT molecular complexity index is 330. The Balaban J connectivity index is 2.67. The summed E-state index contributed by atoms with van der Waals surface area (Å²) in [5, 5.41) is 0. The molecule has 1 aromatic carbocycles. The Kier molecular flexibility index (Phi) is 4.76. The molecule has 0 amide bonds. The van der Waals surface area contributed by atoms with Crippen LogP contribution in [0.5, 0.6) is 0 Å². The van der Waals surface area contributed by atoms with Crippen LogP contribution in [0.15, 0.2) is 24.3 Å². The average Bonchev–Trinajstić information content (AvgIpc) is 2.25. The predicted molar refractivity (Wildman–Crippen MR) is 76.1 cm³/mol. The Morgan fingerprint density at radius 2 is 1.53 bits per heavy atom. The molecule has 0 aromatic heterocycles. The molecular formula is C16H27N. The Hall–Kier alpha value is -0.820. The molecule has 96 valence electrons. The van der Waals surface area contributed by atoms with E-state index in [2.05, 4.69) is 58.9 Å². The average molecular weight is 233 g/mol. The highest BCUT2D eigenvalue weighted by Gasteiger charge is 2.14. The Labute approximate surface area is 106 Å². The largest absolute Gasteiger partial charge is 0.324 e. The van der Waals surface area contributed by atoms with E-state index in [9.17, 15) is 0 Å². The lowest BCUT2D eigenvalue weighted by molar-refractivity contribution is 0.507. The maximum atomic E-state index is 6.20. The van der Waals surface area contributed by atoms with Crippen LogP contribution in [0, 0.1) is 5.92 Å². The standard InChI is InChI=1S/C16H27N/c1-12(2)6-11-15(17)13-7-9-14(10-8-13)16(3,4)5/h7-10,12,15H,6,11,17H2,1-5H3. The lowest BCUT2D eigenvalue weighted by atomic mass is 9.86. The van der Waals surface area contributed by atoms with Gasteiger partial charge in [-0.25, -0.2) is 0 Å².